The molecule has 206 valence electrons. The maximum atomic E-state index is 13.4. The number of hydrogen-bond acceptors (Lipinski definition) is 5. The van der Waals surface area contributed by atoms with Crippen LogP contribution in [0.3, 0.4) is 0 Å². The number of aliphatic hydroxyl groups excluding tert-OH is 2. The fraction of sp³-hybridized carbons (Fsp3) is 0.481. The number of aliphatic hydroxyl groups is 2. The third-order valence-electron chi connectivity index (χ3n) is 6.88. The van der Waals surface area contributed by atoms with Crippen LogP contribution in [0.2, 0.25) is 5.02 Å². The summed E-state index contributed by atoms with van der Waals surface area (Å²) in [5, 5.41) is 24.5. The minimum Gasteiger partial charge on any atom is -0.389 e. The molecule has 0 spiro atoms. The monoisotopic (exact) mass is 552 g/mol. The van der Waals surface area contributed by atoms with Crippen molar-refractivity contribution in [3.8, 4) is 0 Å². The van der Waals surface area contributed by atoms with E-state index in [9.17, 15) is 28.2 Å². The predicted molar refractivity (Wildman–Crippen MR) is 139 cm³/mol. The number of imidazole rings is 1. The Labute approximate surface area is 224 Å². The summed E-state index contributed by atoms with van der Waals surface area (Å²) < 4.78 is 41.5. The van der Waals surface area contributed by atoms with E-state index in [1.807, 2.05) is 12.1 Å². The second-order valence-electron chi connectivity index (χ2n) is 9.60. The summed E-state index contributed by atoms with van der Waals surface area (Å²) in [6.07, 6.45) is -3.98. The van der Waals surface area contributed by atoms with Crippen LogP contribution in [-0.4, -0.2) is 62.4 Å². The molecule has 1 aromatic heterocycles. The molecule has 1 amide bonds. The normalized spacial score (nSPS) is 17.7. The van der Waals surface area contributed by atoms with Crippen LogP contribution >= 0.6 is 11.6 Å². The fourth-order valence-corrected chi connectivity index (χ4v) is 5.20. The third-order valence-corrected chi connectivity index (χ3v) is 7.12. The Balaban J connectivity index is 1.20. The highest BCUT2D eigenvalue weighted by Gasteiger charge is 2.38. The first kappa shape index (κ1) is 28.4. The zero-order valence-electron chi connectivity index (χ0n) is 20.9. The molecule has 3 N–H and O–H groups in total. The van der Waals surface area contributed by atoms with Gasteiger partial charge in [-0.15, -0.1) is 0 Å². The summed E-state index contributed by atoms with van der Waals surface area (Å²) >= 11 is 6.09. The van der Waals surface area contributed by atoms with Gasteiger partial charge in [-0.25, -0.2) is 4.98 Å². The van der Waals surface area contributed by atoms with Crippen molar-refractivity contribution in [2.45, 2.75) is 63.1 Å². The molecule has 1 fully saturated rings. The molecule has 0 aliphatic carbocycles. The Morgan fingerprint density at radius 2 is 1.92 bits per heavy atom. The van der Waals surface area contributed by atoms with Crippen LogP contribution in [-0.2, 0) is 17.5 Å². The van der Waals surface area contributed by atoms with Crippen molar-refractivity contribution in [2.75, 3.05) is 19.6 Å². The van der Waals surface area contributed by atoms with Gasteiger partial charge in [0.1, 0.15) is 6.10 Å². The molecular weight excluding hydrogens is 521 g/mol. The number of halogens is 4. The molecule has 3 atom stereocenters. The summed E-state index contributed by atoms with van der Waals surface area (Å²) in [6, 6.07) is 13.6. The number of unbranched alkanes of at least 4 members (excludes halogenated alkanes) is 2. The van der Waals surface area contributed by atoms with Crippen LogP contribution in [0.15, 0.2) is 48.5 Å². The van der Waals surface area contributed by atoms with Gasteiger partial charge in [-0.05, 0) is 62.1 Å². The van der Waals surface area contributed by atoms with Crippen LogP contribution in [0, 0.1) is 0 Å². The number of carbonyl (C=O) groups is 1. The number of benzene rings is 2. The van der Waals surface area contributed by atoms with Gasteiger partial charge in [0.2, 0.25) is 5.82 Å². The zero-order chi connectivity index (χ0) is 27.3. The average molecular weight is 553 g/mol. The van der Waals surface area contributed by atoms with E-state index in [2.05, 4.69) is 10.3 Å². The van der Waals surface area contributed by atoms with Crippen molar-refractivity contribution in [3.05, 3.63) is 64.9 Å². The topological polar surface area (TPSA) is 90.6 Å². The highest BCUT2D eigenvalue weighted by Crippen LogP contribution is 2.34. The number of rotatable bonds is 11. The van der Waals surface area contributed by atoms with Crippen molar-refractivity contribution >= 4 is 28.5 Å². The van der Waals surface area contributed by atoms with E-state index < -0.39 is 30.1 Å². The average Bonchev–Trinajstić information content (AvgIpc) is 3.52. The summed E-state index contributed by atoms with van der Waals surface area (Å²) in [4.78, 5) is 18.2. The van der Waals surface area contributed by atoms with Crippen molar-refractivity contribution in [1.29, 1.82) is 0 Å². The van der Waals surface area contributed by atoms with Crippen LogP contribution in [0.1, 0.15) is 49.5 Å². The lowest BCUT2D eigenvalue weighted by molar-refractivity contribution is -0.147. The number of amides is 1. The molecule has 1 aliphatic rings. The predicted octanol–water partition coefficient (Wildman–Crippen LogP) is 4.55. The number of fused-ring (bicyclic) bond motifs is 1. The van der Waals surface area contributed by atoms with E-state index in [0.717, 1.165) is 18.4 Å². The van der Waals surface area contributed by atoms with Crippen molar-refractivity contribution < 1.29 is 28.2 Å². The van der Waals surface area contributed by atoms with Crippen LogP contribution in [0.5, 0.6) is 0 Å². The maximum absolute atomic E-state index is 13.4. The van der Waals surface area contributed by atoms with Gasteiger partial charge in [-0.3, -0.25) is 4.79 Å². The molecular formula is C27H32ClF3N4O3. The van der Waals surface area contributed by atoms with E-state index in [1.54, 1.807) is 41.3 Å². The van der Waals surface area contributed by atoms with Crippen molar-refractivity contribution in [2.24, 2.45) is 0 Å². The molecule has 2 aromatic carbocycles. The lowest BCUT2D eigenvalue weighted by atomic mass is 10.0. The van der Waals surface area contributed by atoms with E-state index >= 15 is 0 Å². The Kier molecular flexibility index (Phi) is 9.30. The van der Waals surface area contributed by atoms with Gasteiger partial charge < -0.3 is 25.0 Å². The molecule has 2 heterocycles. The van der Waals surface area contributed by atoms with Crippen LogP contribution in [0.25, 0.3) is 11.0 Å². The number of aromatic nitrogens is 2. The second-order valence-corrected chi connectivity index (χ2v) is 10.0. The van der Waals surface area contributed by atoms with Crippen LogP contribution in [0.4, 0.5) is 13.2 Å². The number of likely N-dealkylation sites (tertiary alicyclic amines) is 1. The lowest BCUT2D eigenvalue weighted by Gasteiger charge is -2.29. The zero-order valence-corrected chi connectivity index (χ0v) is 21.6. The Morgan fingerprint density at radius 3 is 2.68 bits per heavy atom. The van der Waals surface area contributed by atoms with Crippen molar-refractivity contribution in [1.82, 2.24) is 19.8 Å². The Morgan fingerprint density at radius 1 is 1.13 bits per heavy atom. The largest absolute Gasteiger partial charge is 0.449 e. The summed E-state index contributed by atoms with van der Waals surface area (Å²) in [7, 11) is 0. The first-order chi connectivity index (χ1) is 18.2. The van der Waals surface area contributed by atoms with Crippen molar-refractivity contribution in [3.63, 3.8) is 0 Å². The molecule has 0 bridgehead atoms. The Hall–Kier alpha value is -2.66. The minimum atomic E-state index is -4.53. The molecule has 38 heavy (non-hydrogen) atoms. The van der Waals surface area contributed by atoms with Gasteiger partial charge in [0, 0.05) is 24.7 Å². The van der Waals surface area contributed by atoms with Gasteiger partial charge in [-0.2, -0.15) is 13.2 Å². The molecule has 7 nitrogen and oxygen atoms in total. The van der Waals surface area contributed by atoms with Gasteiger partial charge in [0.15, 0.2) is 6.10 Å². The highest BCUT2D eigenvalue weighted by molar-refractivity contribution is 6.30. The van der Waals surface area contributed by atoms with Gasteiger partial charge in [0.05, 0.1) is 17.1 Å². The second kappa shape index (κ2) is 12.5. The van der Waals surface area contributed by atoms with E-state index in [-0.39, 0.29) is 19.1 Å². The number of nitrogens with zero attached hydrogens (tertiary/aromatic N) is 3. The van der Waals surface area contributed by atoms with E-state index in [4.69, 9.17) is 11.6 Å². The van der Waals surface area contributed by atoms with Gasteiger partial charge >= 0.3 is 6.18 Å². The molecule has 0 radical (unpaired) electrons. The van der Waals surface area contributed by atoms with E-state index in [1.165, 1.54) is 4.57 Å². The molecule has 4 rings (SSSR count). The summed E-state index contributed by atoms with van der Waals surface area (Å²) in [5.74, 6) is -1.41. The molecule has 11 heteroatoms. The minimum absolute atomic E-state index is 0.0208. The molecule has 3 aromatic rings. The number of para-hydroxylation sites is 2. The number of carbonyl (C=O) groups excluding carboxylic acids is 1. The fourth-order valence-electron chi connectivity index (χ4n) is 5.00. The first-order valence-electron chi connectivity index (χ1n) is 12.8. The number of aryl methyl sites for hydroxylation is 1. The summed E-state index contributed by atoms with van der Waals surface area (Å²) in [6.45, 7) is 1.20. The first-order valence-corrected chi connectivity index (χ1v) is 13.2. The van der Waals surface area contributed by atoms with Gasteiger partial charge in [-0.1, -0.05) is 42.3 Å². The smallest absolute Gasteiger partial charge is 0.389 e. The molecule has 1 aliphatic heterocycles. The molecule has 1 unspecified atom stereocenters. The standard InChI is InChI=1S/C27H32ClF3N4O3/c28-19-9-6-8-18(16-19)21-12-7-15-34(21)25(38)24(37)23(36)17-32-13-4-1-5-14-35-22-11-3-2-10-20(22)33-26(35)27(29,30)31/h2-3,6,8-11,16,21,23-24,32,36-37H,1,4-5,7,12-15,17H2/t21?,23-,24+/m0/s1. The third kappa shape index (κ3) is 6.66. The number of nitrogens with one attached hydrogen (secondary N) is 1. The highest BCUT2D eigenvalue weighted by atomic mass is 35.5. The quantitative estimate of drug-likeness (QED) is 0.304. The SMILES string of the molecule is O=C([C@H](O)[C@@H](O)CNCCCCCn1c(C(F)(F)F)nc2ccccc21)N1CCCC1c1cccc(Cl)c1. The lowest BCUT2D eigenvalue weighted by Crippen LogP contribution is -2.48. The molecule has 1 saturated heterocycles. The number of hydrogen-bond donors (Lipinski definition) is 3. The number of alkyl halides is 3. The van der Waals surface area contributed by atoms with Gasteiger partial charge in [0.25, 0.3) is 5.91 Å². The van der Waals surface area contributed by atoms with Crippen LogP contribution < -0.4 is 5.32 Å². The molecule has 0 saturated carbocycles. The maximum Gasteiger partial charge on any atom is 0.449 e. The van der Waals surface area contributed by atoms with E-state index in [0.29, 0.717) is 48.4 Å². The summed E-state index contributed by atoms with van der Waals surface area (Å²) in [5.41, 5.74) is 1.67. The Bertz CT molecular complexity index is 1240.